The Bertz CT molecular complexity index is 860. The van der Waals surface area contributed by atoms with Crippen LogP contribution in [0.4, 0.5) is 0 Å². The van der Waals surface area contributed by atoms with Crippen LogP contribution in [0.3, 0.4) is 0 Å². The standard InChI is InChI=1S/C18H21NO5S/c1-12(13-5-8-15(9-6-13)25(4,21)22)19-18(20)16-11-14(23-2)7-10-17(16)24-3/h5-12H,1-4H3,(H,19,20)/t12-/m0/s1. The van der Waals surface area contributed by atoms with Crippen LogP contribution in [0.1, 0.15) is 28.9 Å². The number of hydrogen-bond acceptors (Lipinski definition) is 5. The van der Waals surface area contributed by atoms with Gasteiger partial charge in [-0.15, -0.1) is 0 Å². The molecule has 0 aromatic heterocycles. The molecule has 0 saturated carbocycles. The van der Waals surface area contributed by atoms with E-state index in [-0.39, 0.29) is 16.8 Å². The number of benzene rings is 2. The predicted molar refractivity (Wildman–Crippen MR) is 95.0 cm³/mol. The first-order chi connectivity index (χ1) is 11.8. The van der Waals surface area contributed by atoms with Gasteiger partial charge in [-0.2, -0.15) is 0 Å². The highest BCUT2D eigenvalue weighted by Crippen LogP contribution is 2.25. The Morgan fingerprint density at radius 1 is 1.04 bits per heavy atom. The molecule has 0 aliphatic carbocycles. The van der Waals surface area contributed by atoms with Crippen molar-refractivity contribution in [2.75, 3.05) is 20.5 Å². The highest BCUT2D eigenvalue weighted by Gasteiger charge is 2.17. The molecule has 0 fully saturated rings. The topological polar surface area (TPSA) is 81.7 Å². The van der Waals surface area contributed by atoms with Crippen LogP contribution < -0.4 is 14.8 Å². The minimum Gasteiger partial charge on any atom is -0.497 e. The number of amides is 1. The van der Waals surface area contributed by atoms with Gasteiger partial charge in [-0.25, -0.2) is 8.42 Å². The second-order valence-electron chi connectivity index (χ2n) is 5.60. The van der Waals surface area contributed by atoms with Gasteiger partial charge in [-0.1, -0.05) is 12.1 Å². The quantitative estimate of drug-likeness (QED) is 0.853. The molecule has 1 amide bonds. The van der Waals surface area contributed by atoms with E-state index in [4.69, 9.17) is 9.47 Å². The van der Waals surface area contributed by atoms with Crippen LogP contribution in [0.5, 0.6) is 11.5 Å². The monoisotopic (exact) mass is 363 g/mol. The highest BCUT2D eigenvalue weighted by atomic mass is 32.2. The number of sulfone groups is 1. The Morgan fingerprint density at radius 2 is 1.68 bits per heavy atom. The SMILES string of the molecule is COc1ccc(OC)c(C(=O)N[C@@H](C)c2ccc(S(C)(=O)=O)cc2)c1. The second kappa shape index (κ2) is 7.57. The fourth-order valence-corrected chi connectivity index (χ4v) is 2.98. The third kappa shape index (κ3) is 4.51. The third-order valence-corrected chi connectivity index (χ3v) is 4.94. The summed E-state index contributed by atoms with van der Waals surface area (Å²) in [7, 11) is -0.231. The van der Waals surface area contributed by atoms with Crippen molar-refractivity contribution in [1.29, 1.82) is 0 Å². The van der Waals surface area contributed by atoms with E-state index in [0.29, 0.717) is 17.1 Å². The van der Waals surface area contributed by atoms with E-state index in [1.807, 2.05) is 6.92 Å². The number of ether oxygens (including phenoxy) is 2. The molecule has 1 atom stereocenters. The zero-order chi connectivity index (χ0) is 18.6. The molecule has 0 bridgehead atoms. The van der Waals surface area contributed by atoms with Gasteiger partial charge in [0, 0.05) is 6.26 Å². The van der Waals surface area contributed by atoms with E-state index in [9.17, 15) is 13.2 Å². The van der Waals surface area contributed by atoms with Crippen molar-refractivity contribution in [1.82, 2.24) is 5.32 Å². The highest BCUT2D eigenvalue weighted by molar-refractivity contribution is 7.90. The summed E-state index contributed by atoms with van der Waals surface area (Å²) in [5.41, 5.74) is 1.16. The molecule has 0 heterocycles. The molecule has 0 spiro atoms. The van der Waals surface area contributed by atoms with E-state index in [2.05, 4.69) is 5.32 Å². The fraction of sp³-hybridized carbons (Fsp3) is 0.278. The van der Waals surface area contributed by atoms with Gasteiger partial charge < -0.3 is 14.8 Å². The van der Waals surface area contributed by atoms with Crippen LogP contribution in [-0.4, -0.2) is 34.8 Å². The Balaban J connectivity index is 2.20. The summed E-state index contributed by atoms with van der Waals surface area (Å²) in [6, 6.07) is 11.1. The molecule has 6 nitrogen and oxygen atoms in total. The average molecular weight is 363 g/mol. The number of nitrogens with one attached hydrogen (secondary N) is 1. The Hall–Kier alpha value is -2.54. The van der Waals surface area contributed by atoms with Crippen LogP contribution in [0.2, 0.25) is 0 Å². The van der Waals surface area contributed by atoms with Gasteiger partial charge >= 0.3 is 0 Å². The summed E-state index contributed by atoms with van der Waals surface area (Å²) < 4.78 is 33.4. The maximum atomic E-state index is 12.6. The maximum absolute atomic E-state index is 12.6. The molecular weight excluding hydrogens is 342 g/mol. The number of methoxy groups -OCH3 is 2. The largest absolute Gasteiger partial charge is 0.497 e. The van der Waals surface area contributed by atoms with Gasteiger partial charge in [0.2, 0.25) is 0 Å². The zero-order valence-electron chi connectivity index (χ0n) is 14.6. The lowest BCUT2D eigenvalue weighted by molar-refractivity contribution is 0.0936. The Kier molecular flexibility index (Phi) is 5.69. The summed E-state index contributed by atoms with van der Waals surface area (Å²) >= 11 is 0. The molecule has 1 N–H and O–H groups in total. The van der Waals surface area contributed by atoms with Crippen molar-refractivity contribution in [2.24, 2.45) is 0 Å². The first-order valence-electron chi connectivity index (χ1n) is 7.59. The van der Waals surface area contributed by atoms with Gasteiger partial charge in [0.1, 0.15) is 11.5 Å². The van der Waals surface area contributed by atoms with E-state index in [1.54, 1.807) is 30.3 Å². The van der Waals surface area contributed by atoms with Crippen molar-refractivity contribution in [3.05, 3.63) is 53.6 Å². The number of carbonyl (C=O) groups is 1. The normalized spacial score (nSPS) is 12.3. The molecule has 2 aromatic carbocycles. The molecule has 0 aliphatic rings. The number of carbonyl (C=O) groups excluding carboxylic acids is 1. The van der Waals surface area contributed by atoms with Crippen molar-refractivity contribution in [3.8, 4) is 11.5 Å². The molecule has 0 unspecified atom stereocenters. The summed E-state index contributed by atoms with van der Waals surface area (Å²) in [5, 5.41) is 2.87. The fourth-order valence-electron chi connectivity index (χ4n) is 2.35. The van der Waals surface area contributed by atoms with E-state index in [0.717, 1.165) is 11.8 Å². The Morgan fingerprint density at radius 3 is 2.20 bits per heavy atom. The van der Waals surface area contributed by atoms with Crippen LogP contribution in [0.15, 0.2) is 47.4 Å². The van der Waals surface area contributed by atoms with Crippen molar-refractivity contribution in [2.45, 2.75) is 17.9 Å². The molecule has 25 heavy (non-hydrogen) atoms. The van der Waals surface area contributed by atoms with Crippen molar-refractivity contribution < 1.29 is 22.7 Å². The molecule has 0 radical (unpaired) electrons. The lowest BCUT2D eigenvalue weighted by Gasteiger charge is -2.16. The van der Waals surface area contributed by atoms with Gasteiger partial charge in [-0.05, 0) is 42.8 Å². The van der Waals surface area contributed by atoms with E-state index < -0.39 is 9.84 Å². The van der Waals surface area contributed by atoms with Gasteiger partial charge in [-0.3, -0.25) is 4.79 Å². The summed E-state index contributed by atoms with van der Waals surface area (Å²) in [6.45, 7) is 1.82. The number of rotatable bonds is 6. The molecule has 0 saturated heterocycles. The third-order valence-electron chi connectivity index (χ3n) is 3.81. The lowest BCUT2D eigenvalue weighted by Crippen LogP contribution is -2.27. The first-order valence-corrected chi connectivity index (χ1v) is 9.48. The number of hydrogen-bond donors (Lipinski definition) is 1. The summed E-state index contributed by atoms with van der Waals surface area (Å²) in [6.07, 6.45) is 1.16. The molecule has 7 heteroatoms. The van der Waals surface area contributed by atoms with Crippen molar-refractivity contribution >= 4 is 15.7 Å². The zero-order valence-corrected chi connectivity index (χ0v) is 15.4. The van der Waals surface area contributed by atoms with Gasteiger partial charge in [0.25, 0.3) is 5.91 Å². The second-order valence-corrected chi connectivity index (χ2v) is 7.62. The van der Waals surface area contributed by atoms with E-state index >= 15 is 0 Å². The predicted octanol–water partition coefficient (Wildman–Crippen LogP) is 2.60. The maximum Gasteiger partial charge on any atom is 0.255 e. The lowest BCUT2D eigenvalue weighted by atomic mass is 10.1. The molecular formula is C18H21NO5S. The Labute approximate surface area is 147 Å². The molecule has 0 aliphatic heterocycles. The minimum atomic E-state index is -3.25. The van der Waals surface area contributed by atoms with E-state index in [1.165, 1.54) is 26.4 Å². The van der Waals surface area contributed by atoms with Crippen LogP contribution in [-0.2, 0) is 9.84 Å². The van der Waals surface area contributed by atoms with Crippen LogP contribution >= 0.6 is 0 Å². The molecule has 2 aromatic rings. The van der Waals surface area contributed by atoms with Gasteiger partial charge in [0.05, 0.1) is 30.7 Å². The molecule has 134 valence electrons. The first kappa shape index (κ1) is 18.8. The summed E-state index contributed by atoms with van der Waals surface area (Å²) in [4.78, 5) is 12.8. The summed E-state index contributed by atoms with van der Waals surface area (Å²) in [5.74, 6) is 0.685. The molecule has 2 rings (SSSR count). The van der Waals surface area contributed by atoms with Gasteiger partial charge in [0.15, 0.2) is 9.84 Å². The van der Waals surface area contributed by atoms with Crippen LogP contribution in [0, 0.1) is 0 Å². The van der Waals surface area contributed by atoms with Crippen LogP contribution in [0.25, 0.3) is 0 Å². The minimum absolute atomic E-state index is 0.240. The average Bonchev–Trinajstić information content (AvgIpc) is 2.60. The smallest absolute Gasteiger partial charge is 0.255 e. The van der Waals surface area contributed by atoms with Crippen molar-refractivity contribution in [3.63, 3.8) is 0 Å².